The third kappa shape index (κ3) is 2.97. The van der Waals surface area contributed by atoms with E-state index in [1.54, 1.807) is 18.2 Å². The molecule has 0 aliphatic carbocycles. The number of ether oxygens (including phenoxy) is 1. The summed E-state index contributed by atoms with van der Waals surface area (Å²) in [4.78, 5) is 14.3. The number of hydrogen-bond acceptors (Lipinski definition) is 4. The van der Waals surface area contributed by atoms with E-state index in [0.29, 0.717) is 23.3 Å². The third-order valence-corrected chi connectivity index (χ3v) is 3.00. The van der Waals surface area contributed by atoms with Crippen LogP contribution in [0.25, 0.3) is 10.9 Å². The van der Waals surface area contributed by atoms with E-state index in [1.807, 2.05) is 30.3 Å². The molecule has 0 saturated heterocycles. The predicted octanol–water partition coefficient (Wildman–Crippen LogP) is 3.52. The summed E-state index contributed by atoms with van der Waals surface area (Å²) in [5.74, 6) is 0.630. The van der Waals surface area contributed by atoms with Crippen LogP contribution in [0.4, 0.5) is 5.69 Å². The Morgan fingerprint density at radius 3 is 2.76 bits per heavy atom. The highest BCUT2D eigenvalue weighted by molar-refractivity contribution is 5.81. The summed E-state index contributed by atoms with van der Waals surface area (Å²) in [5, 5.41) is 11.3. The van der Waals surface area contributed by atoms with Crippen molar-refractivity contribution < 1.29 is 9.66 Å². The van der Waals surface area contributed by atoms with Crippen molar-refractivity contribution >= 4 is 16.6 Å². The van der Waals surface area contributed by atoms with Gasteiger partial charge in [-0.3, -0.25) is 10.1 Å². The molecule has 5 heteroatoms. The number of nitrogens with zero attached hydrogens (tertiary/aromatic N) is 2. The molecule has 1 radical (unpaired) electrons. The summed E-state index contributed by atoms with van der Waals surface area (Å²) in [5.41, 5.74) is 1.55. The summed E-state index contributed by atoms with van der Waals surface area (Å²) in [6, 6.07) is 17.8. The van der Waals surface area contributed by atoms with Gasteiger partial charge in [-0.25, -0.2) is 4.98 Å². The molecule has 21 heavy (non-hydrogen) atoms. The normalized spacial score (nSPS) is 10.5. The van der Waals surface area contributed by atoms with Gasteiger partial charge in [-0.1, -0.05) is 30.3 Å². The average Bonchev–Trinajstić information content (AvgIpc) is 2.53. The maximum Gasteiger partial charge on any atom is 0.296 e. The first-order valence-corrected chi connectivity index (χ1v) is 6.35. The zero-order valence-corrected chi connectivity index (χ0v) is 11.0. The Morgan fingerprint density at radius 2 is 2.00 bits per heavy atom. The van der Waals surface area contributed by atoms with Gasteiger partial charge < -0.3 is 4.74 Å². The van der Waals surface area contributed by atoms with Gasteiger partial charge in [-0.15, -0.1) is 0 Å². The standard InChI is InChI=1S/C16H11N2O3/c19-18(20)14-8-13-9-15(6-7-16(13)17-10-14)21-11-12-4-2-1-3-5-12/h1-7,9-10H,11H2. The second-order valence-electron chi connectivity index (χ2n) is 4.48. The first-order chi connectivity index (χ1) is 10.2. The van der Waals surface area contributed by atoms with E-state index in [9.17, 15) is 10.1 Å². The quantitative estimate of drug-likeness (QED) is 0.541. The fraction of sp³-hybridized carbons (Fsp3) is 0.0625. The van der Waals surface area contributed by atoms with Crippen LogP contribution < -0.4 is 4.74 Å². The van der Waals surface area contributed by atoms with Crippen molar-refractivity contribution in [2.24, 2.45) is 0 Å². The molecule has 5 nitrogen and oxygen atoms in total. The molecular weight excluding hydrogens is 268 g/mol. The van der Waals surface area contributed by atoms with Crippen LogP contribution in [0.1, 0.15) is 5.56 Å². The van der Waals surface area contributed by atoms with Crippen LogP contribution in [0.3, 0.4) is 0 Å². The molecule has 0 fully saturated rings. The van der Waals surface area contributed by atoms with Crippen LogP contribution in [-0.2, 0) is 6.61 Å². The number of aromatic nitrogens is 1. The molecule has 3 aromatic rings. The van der Waals surface area contributed by atoms with Gasteiger partial charge in [0.15, 0.2) is 0 Å². The molecule has 0 aliphatic rings. The van der Waals surface area contributed by atoms with Crippen molar-refractivity contribution in [3.63, 3.8) is 0 Å². The molecule has 0 N–H and O–H groups in total. The highest BCUT2D eigenvalue weighted by Gasteiger charge is 2.08. The van der Waals surface area contributed by atoms with Crippen molar-refractivity contribution in [3.8, 4) is 5.75 Å². The van der Waals surface area contributed by atoms with Crippen LogP contribution in [0, 0.1) is 16.2 Å². The van der Waals surface area contributed by atoms with Gasteiger partial charge in [-0.05, 0) is 23.8 Å². The SMILES string of the molecule is O=[N+]([O-])c1[c]c2cc(OCc3ccccc3)ccc2nc1. The molecular formula is C16H11N2O3. The summed E-state index contributed by atoms with van der Waals surface area (Å²) in [6.45, 7) is 0.439. The highest BCUT2D eigenvalue weighted by atomic mass is 16.6. The molecule has 3 rings (SSSR count). The molecule has 0 spiro atoms. The Hall–Kier alpha value is -2.95. The number of fused-ring (bicyclic) bond motifs is 1. The molecule has 0 bridgehead atoms. The van der Waals surface area contributed by atoms with E-state index in [1.165, 1.54) is 6.20 Å². The van der Waals surface area contributed by atoms with Crippen molar-refractivity contribution in [1.29, 1.82) is 0 Å². The van der Waals surface area contributed by atoms with Gasteiger partial charge in [0.1, 0.15) is 18.6 Å². The lowest BCUT2D eigenvalue weighted by molar-refractivity contribution is -0.385. The molecule has 1 aromatic heterocycles. The fourth-order valence-electron chi connectivity index (χ4n) is 1.95. The largest absolute Gasteiger partial charge is 0.489 e. The summed E-state index contributed by atoms with van der Waals surface area (Å²) < 4.78 is 5.68. The molecule has 0 atom stereocenters. The summed E-state index contributed by atoms with van der Waals surface area (Å²) in [6.07, 6.45) is 1.20. The van der Waals surface area contributed by atoms with E-state index in [2.05, 4.69) is 11.1 Å². The minimum Gasteiger partial charge on any atom is -0.489 e. The molecule has 0 amide bonds. The minimum absolute atomic E-state index is 0.150. The van der Waals surface area contributed by atoms with E-state index >= 15 is 0 Å². The van der Waals surface area contributed by atoms with E-state index in [-0.39, 0.29) is 5.69 Å². The third-order valence-electron chi connectivity index (χ3n) is 3.00. The van der Waals surface area contributed by atoms with Crippen LogP contribution >= 0.6 is 0 Å². The summed E-state index contributed by atoms with van der Waals surface area (Å²) >= 11 is 0. The van der Waals surface area contributed by atoms with Crippen LogP contribution in [-0.4, -0.2) is 9.91 Å². The maximum atomic E-state index is 10.7. The van der Waals surface area contributed by atoms with Gasteiger partial charge in [0, 0.05) is 5.39 Å². The molecule has 1 heterocycles. The molecule has 0 unspecified atom stereocenters. The number of hydrogen-bond donors (Lipinski definition) is 0. The summed E-state index contributed by atoms with van der Waals surface area (Å²) in [7, 11) is 0. The van der Waals surface area contributed by atoms with Gasteiger partial charge in [0.25, 0.3) is 5.69 Å². The number of pyridine rings is 1. The van der Waals surface area contributed by atoms with E-state index in [4.69, 9.17) is 4.74 Å². The monoisotopic (exact) mass is 279 g/mol. The Labute approximate surface area is 121 Å². The fourth-order valence-corrected chi connectivity index (χ4v) is 1.95. The Bertz CT molecular complexity index is 788. The Morgan fingerprint density at radius 1 is 1.19 bits per heavy atom. The Kier molecular flexibility index (Phi) is 3.47. The zero-order chi connectivity index (χ0) is 14.7. The topological polar surface area (TPSA) is 65.3 Å². The van der Waals surface area contributed by atoms with Gasteiger partial charge >= 0.3 is 0 Å². The minimum atomic E-state index is -0.510. The molecule has 0 aliphatic heterocycles. The van der Waals surface area contributed by atoms with Gasteiger partial charge in [0.2, 0.25) is 0 Å². The Balaban J connectivity index is 1.84. The number of rotatable bonds is 4. The number of nitro groups is 1. The average molecular weight is 279 g/mol. The predicted molar refractivity (Wildman–Crippen MR) is 78.0 cm³/mol. The van der Waals surface area contributed by atoms with Crippen molar-refractivity contribution in [2.45, 2.75) is 6.61 Å². The van der Waals surface area contributed by atoms with Crippen molar-refractivity contribution in [1.82, 2.24) is 4.98 Å². The van der Waals surface area contributed by atoms with E-state index in [0.717, 1.165) is 5.56 Å². The second kappa shape index (κ2) is 5.58. The highest BCUT2D eigenvalue weighted by Crippen LogP contribution is 2.23. The molecule has 103 valence electrons. The first-order valence-electron chi connectivity index (χ1n) is 6.35. The van der Waals surface area contributed by atoms with Crippen molar-refractivity contribution in [3.05, 3.63) is 76.5 Å². The lowest BCUT2D eigenvalue weighted by Crippen LogP contribution is -1.95. The lowest BCUT2D eigenvalue weighted by Gasteiger charge is -2.07. The van der Waals surface area contributed by atoms with Gasteiger partial charge in [0.05, 0.1) is 16.5 Å². The smallest absolute Gasteiger partial charge is 0.296 e. The lowest BCUT2D eigenvalue weighted by atomic mass is 10.2. The van der Waals surface area contributed by atoms with E-state index < -0.39 is 4.92 Å². The van der Waals surface area contributed by atoms with Crippen LogP contribution in [0.15, 0.2) is 54.7 Å². The molecule has 2 aromatic carbocycles. The van der Waals surface area contributed by atoms with Crippen molar-refractivity contribution in [2.75, 3.05) is 0 Å². The first kappa shape index (κ1) is 13.1. The van der Waals surface area contributed by atoms with Crippen LogP contribution in [0.2, 0.25) is 0 Å². The molecule has 0 saturated carbocycles. The van der Waals surface area contributed by atoms with Crippen LogP contribution in [0.5, 0.6) is 5.75 Å². The number of benzene rings is 2. The maximum absolute atomic E-state index is 10.7. The second-order valence-corrected chi connectivity index (χ2v) is 4.48. The zero-order valence-electron chi connectivity index (χ0n) is 11.0. The van der Waals surface area contributed by atoms with Gasteiger partial charge in [-0.2, -0.15) is 0 Å².